The van der Waals surface area contributed by atoms with Gasteiger partial charge in [0.2, 0.25) is 0 Å². The van der Waals surface area contributed by atoms with Crippen LogP contribution in [-0.2, 0) is 6.54 Å². The number of nitrogens with zero attached hydrogens (tertiary/aromatic N) is 1. The normalized spacial score (nSPS) is 30.7. The molecule has 2 nitrogen and oxygen atoms in total. The summed E-state index contributed by atoms with van der Waals surface area (Å²) in [6, 6.07) is 7.03. The highest BCUT2D eigenvalue weighted by atomic mass is 19.1. The number of benzene rings is 1. The fourth-order valence-electron chi connectivity index (χ4n) is 3.42. The first-order chi connectivity index (χ1) is 9.48. The summed E-state index contributed by atoms with van der Waals surface area (Å²) in [4.78, 5) is 2.27. The highest BCUT2D eigenvalue weighted by Gasteiger charge is 2.39. The molecular formula is C17H27FN2. The van der Waals surface area contributed by atoms with Crippen molar-refractivity contribution < 1.29 is 4.39 Å². The summed E-state index contributed by atoms with van der Waals surface area (Å²) >= 11 is 0. The maximum atomic E-state index is 13.8. The number of halogens is 1. The molecule has 0 bridgehead atoms. The van der Waals surface area contributed by atoms with Gasteiger partial charge >= 0.3 is 0 Å². The molecule has 1 aliphatic rings. The lowest BCUT2D eigenvalue weighted by molar-refractivity contribution is 0.0343. The number of hydrogen-bond donors (Lipinski definition) is 1. The van der Waals surface area contributed by atoms with Crippen molar-refractivity contribution in [2.75, 3.05) is 13.6 Å². The molecule has 2 N–H and O–H groups in total. The van der Waals surface area contributed by atoms with Gasteiger partial charge in [-0.05, 0) is 44.2 Å². The van der Waals surface area contributed by atoms with Gasteiger partial charge < -0.3 is 5.73 Å². The molecule has 20 heavy (non-hydrogen) atoms. The third-order valence-electron chi connectivity index (χ3n) is 5.29. The van der Waals surface area contributed by atoms with Gasteiger partial charge in [0, 0.05) is 24.2 Å². The molecule has 0 radical (unpaired) electrons. The summed E-state index contributed by atoms with van der Waals surface area (Å²) < 4.78 is 13.8. The number of likely N-dealkylation sites (N-methyl/N-ethyl adjacent to an activating group) is 1. The molecular weight excluding hydrogens is 251 g/mol. The average molecular weight is 278 g/mol. The average Bonchev–Trinajstić information content (AvgIpc) is 2.44. The van der Waals surface area contributed by atoms with E-state index in [1.165, 1.54) is 12.5 Å². The molecule has 3 heteroatoms. The van der Waals surface area contributed by atoms with Crippen molar-refractivity contribution >= 4 is 0 Å². The SMILES string of the molecule is CC1CCC(CN)(N(C)Cc2ccccc2F)CC1C. The summed E-state index contributed by atoms with van der Waals surface area (Å²) in [5.74, 6) is 1.32. The van der Waals surface area contributed by atoms with Crippen LogP contribution in [0.3, 0.4) is 0 Å². The monoisotopic (exact) mass is 278 g/mol. The van der Waals surface area contributed by atoms with Crippen LogP contribution in [-0.4, -0.2) is 24.0 Å². The smallest absolute Gasteiger partial charge is 0.127 e. The Morgan fingerprint density at radius 2 is 2.00 bits per heavy atom. The lowest BCUT2D eigenvalue weighted by Gasteiger charge is -2.48. The molecule has 0 spiro atoms. The van der Waals surface area contributed by atoms with Gasteiger partial charge in [0.1, 0.15) is 5.82 Å². The second kappa shape index (κ2) is 6.23. The van der Waals surface area contributed by atoms with Crippen molar-refractivity contribution in [1.29, 1.82) is 0 Å². The van der Waals surface area contributed by atoms with Gasteiger partial charge in [-0.3, -0.25) is 4.90 Å². The Morgan fingerprint density at radius 1 is 1.30 bits per heavy atom. The summed E-state index contributed by atoms with van der Waals surface area (Å²) in [6.45, 7) is 5.91. The third kappa shape index (κ3) is 3.04. The summed E-state index contributed by atoms with van der Waals surface area (Å²) in [5.41, 5.74) is 6.88. The van der Waals surface area contributed by atoms with Gasteiger partial charge in [-0.2, -0.15) is 0 Å². The Labute approximate surface area is 122 Å². The van der Waals surface area contributed by atoms with Crippen LogP contribution in [0, 0.1) is 17.7 Å². The Morgan fingerprint density at radius 3 is 2.60 bits per heavy atom. The quantitative estimate of drug-likeness (QED) is 0.914. The van der Waals surface area contributed by atoms with Crippen molar-refractivity contribution in [3.8, 4) is 0 Å². The predicted octanol–water partition coefficient (Wildman–Crippen LogP) is 3.41. The number of rotatable bonds is 4. The van der Waals surface area contributed by atoms with E-state index >= 15 is 0 Å². The van der Waals surface area contributed by atoms with Crippen LogP contribution in [0.1, 0.15) is 38.7 Å². The van der Waals surface area contributed by atoms with Crippen LogP contribution < -0.4 is 5.73 Å². The molecule has 0 saturated heterocycles. The first kappa shape index (κ1) is 15.5. The summed E-state index contributed by atoms with van der Waals surface area (Å²) in [5, 5.41) is 0. The van der Waals surface area contributed by atoms with E-state index in [9.17, 15) is 4.39 Å². The molecule has 3 atom stereocenters. The van der Waals surface area contributed by atoms with E-state index in [0.717, 1.165) is 24.3 Å². The van der Waals surface area contributed by atoms with E-state index in [-0.39, 0.29) is 11.4 Å². The zero-order valence-corrected chi connectivity index (χ0v) is 12.9. The maximum Gasteiger partial charge on any atom is 0.127 e. The fourth-order valence-corrected chi connectivity index (χ4v) is 3.42. The fraction of sp³-hybridized carbons (Fsp3) is 0.647. The number of nitrogens with two attached hydrogens (primary N) is 1. The highest BCUT2D eigenvalue weighted by Crippen LogP contribution is 2.39. The molecule has 0 amide bonds. The van der Waals surface area contributed by atoms with Crippen LogP contribution in [0.15, 0.2) is 24.3 Å². The Kier molecular flexibility index (Phi) is 4.82. The van der Waals surface area contributed by atoms with Crippen molar-refractivity contribution in [3.05, 3.63) is 35.6 Å². The second-order valence-corrected chi connectivity index (χ2v) is 6.57. The van der Waals surface area contributed by atoms with Gasteiger partial charge in [0.05, 0.1) is 0 Å². The Bertz CT molecular complexity index is 448. The maximum absolute atomic E-state index is 13.8. The van der Waals surface area contributed by atoms with E-state index in [2.05, 4.69) is 25.8 Å². The van der Waals surface area contributed by atoms with E-state index in [1.807, 2.05) is 12.1 Å². The Hall–Kier alpha value is -0.930. The second-order valence-electron chi connectivity index (χ2n) is 6.57. The van der Waals surface area contributed by atoms with Crippen LogP contribution >= 0.6 is 0 Å². The topological polar surface area (TPSA) is 29.3 Å². The largest absolute Gasteiger partial charge is 0.329 e. The van der Waals surface area contributed by atoms with E-state index in [4.69, 9.17) is 5.73 Å². The van der Waals surface area contributed by atoms with Gasteiger partial charge in [-0.25, -0.2) is 4.39 Å². The van der Waals surface area contributed by atoms with Crippen LogP contribution in [0.25, 0.3) is 0 Å². The minimum absolute atomic E-state index is 0.0220. The van der Waals surface area contributed by atoms with Crippen molar-refractivity contribution in [2.24, 2.45) is 17.6 Å². The van der Waals surface area contributed by atoms with Crippen molar-refractivity contribution in [2.45, 2.75) is 45.2 Å². The van der Waals surface area contributed by atoms with E-state index in [1.54, 1.807) is 6.07 Å². The molecule has 0 heterocycles. The minimum Gasteiger partial charge on any atom is -0.329 e. The first-order valence-corrected chi connectivity index (χ1v) is 7.63. The lowest BCUT2D eigenvalue weighted by atomic mass is 9.70. The molecule has 0 aliphatic heterocycles. The van der Waals surface area contributed by atoms with Gasteiger partial charge in [0.15, 0.2) is 0 Å². The molecule has 3 unspecified atom stereocenters. The predicted molar refractivity (Wildman–Crippen MR) is 81.8 cm³/mol. The van der Waals surface area contributed by atoms with Gasteiger partial charge in [-0.15, -0.1) is 0 Å². The van der Waals surface area contributed by atoms with Gasteiger partial charge in [0.25, 0.3) is 0 Å². The number of hydrogen-bond acceptors (Lipinski definition) is 2. The van der Waals surface area contributed by atoms with E-state index in [0.29, 0.717) is 19.0 Å². The molecule has 1 aliphatic carbocycles. The van der Waals surface area contributed by atoms with Crippen LogP contribution in [0.4, 0.5) is 4.39 Å². The van der Waals surface area contributed by atoms with Gasteiger partial charge in [-0.1, -0.05) is 32.0 Å². The summed E-state index contributed by atoms with van der Waals surface area (Å²) in [7, 11) is 2.09. The minimum atomic E-state index is -0.122. The first-order valence-electron chi connectivity index (χ1n) is 7.63. The van der Waals surface area contributed by atoms with E-state index < -0.39 is 0 Å². The molecule has 1 aromatic rings. The standard InChI is InChI=1S/C17H27FN2/c1-13-8-9-17(12-19,10-14(13)2)20(3)11-15-6-4-5-7-16(15)18/h4-7,13-14H,8-12,19H2,1-3H3. The summed E-state index contributed by atoms with van der Waals surface area (Å²) in [6.07, 6.45) is 3.43. The Balaban J connectivity index is 2.13. The molecule has 0 aromatic heterocycles. The van der Waals surface area contributed by atoms with Crippen LogP contribution in [0.5, 0.6) is 0 Å². The molecule has 1 aromatic carbocycles. The van der Waals surface area contributed by atoms with Crippen LogP contribution in [0.2, 0.25) is 0 Å². The molecule has 2 rings (SSSR count). The molecule has 112 valence electrons. The third-order valence-corrected chi connectivity index (χ3v) is 5.29. The highest BCUT2D eigenvalue weighted by molar-refractivity contribution is 5.17. The van der Waals surface area contributed by atoms with Crippen molar-refractivity contribution in [3.63, 3.8) is 0 Å². The zero-order valence-electron chi connectivity index (χ0n) is 12.9. The zero-order chi connectivity index (χ0) is 14.8. The van der Waals surface area contributed by atoms with Crippen molar-refractivity contribution in [1.82, 2.24) is 4.90 Å². The molecule has 1 fully saturated rings. The molecule has 1 saturated carbocycles. The lowest BCUT2D eigenvalue weighted by Crippen LogP contribution is -2.55.